The molecule has 2 aliphatic rings. The van der Waals surface area contributed by atoms with Gasteiger partial charge >= 0.3 is 12.2 Å². The summed E-state index contributed by atoms with van der Waals surface area (Å²) in [6.07, 6.45) is 5.48. The van der Waals surface area contributed by atoms with Gasteiger partial charge < -0.3 is 9.30 Å². The number of carbonyl (C=O) groups excluding carboxylic acids is 3. The van der Waals surface area contributed by atoms with Gasteiger partial charge in [0, 0.05) is 73.1 Å². The van der Waals surface area contributed by atoms with Crippen molar-refractivity contribution in [1.82, 2.24) is 14.5 Å². The number of hydrogen-bond acceptors (Lipinski definition) is 6. The Hall–Kier alpha value is -4.33. The van der Waals surface area contributed by atoms with E-state index in [-0.39, 0.29) is 12.2 Å². The van der Waals surface area contributed by atoms with Crippen LogP contribution in [0.4, 0.5) is 14.9 Å². The van der Waals surface area contributed by atoms with Crippen LogP contribution in [-0.4, -0.2) is 51.9 Å². The highest BCUT2D eigenvalue weighted by molar-refractivity contribution is 5.90. The van der Waals surface area contributed by atoms with Crippen molar-refractivity contribution in [1.29, 1.82) is 0 Å². The van der Waals surface area contributed by atoms with Gasteiger partial charge in [-0.2, -0.15) is 14.0 Å². The van der Waals surface area contributed by atoms with Gasteiger partial charge in [0.05, 0.1) is 6.54 Å². The molecule has 1 spiro atoms. The van der Waals surface area contributed by atoms with Gasteiger partial charge in [-0.1, -0.05) is 24.3 Å². The van der Waals surface area contributed by atoms with Gasteiger partial charge in [-0.05, 0) is 61.4 Å². The Bertz CT molecular complexity index is 1520. The second kappa shape index (κ2) is 11.4. The van der Waals surface area contributed by atoms with Crippen molar-refractivity contribution in [2.24, 2.45) is 0 Å². The lowest BCUT2D eigenvalue weighted by atomic mass is 9.91. The molecule has 8 nitrogen and oxygen atoms in total. The molecule has 4 heterocycles. The number of likely N-dealkylation sites (tertiary alicyclic amines) is 1. The van der Waals surface area contributed by atoms with Crippen LogP contribution in [0.3, 0.4) is 0 Å². The van der Waals surface area contributed by atoms with E-state index in [1.807, 2.05) is 30.3 Å². The molecule has 2 saturated heterocycles. The molecule has 0 unspecified atom stereocenters. The topological polar surface area (TPSA) is 84.7 Å². The van der Waals surface area contributed by atoms with E-state index in [0.717, 1.165) is 49.3 Å². The molecule has 0 aliphatic carbocycles. The van der Waals surface area contributed by atoms with E-state index in [1.54, 1.807) is 17.2 Å². The van der Waals surface area contributed by atoms with Crippen molar-refractivity contribution in [3.05, 3.63) is 84.6 Å². The number of ether oxygens (including phenoxy) is 1. The van der Waals surface area contributed by atoms with Crippen LogP contribution in [0, 0.1) is 5.95 Å². The zero-order chi connectivity index (χ0) is 28.3. The van der Waals surface area contributed by atoms with E-state index in [2.05, 4.69) is 52.7 Å². The summed E-state index contributed by atoms with van der Waals surface area (Å²) in [6, 6.07) is 19.7. The zero-order valence-corrected chi connectivity index (χ0v) is 22.5. The van der Waals surface area contributed by atoms with Gasteiger partial charge in [-0.15, -0.1) is 0 Å². The van der Waals surface area contributed by atoms with E-state index in [9.17, 15) is 9.18 Å². The van der Waals surface area contributed by atoms with Gasteiger partial charge in [0.25, 0.3) is 0 Å². The maximum atomic E-state index is 13.4. The highest BCUT2D eigenvalue weighted by Gasteiger charge is 2.47. The highest BCUT2D eigenvalue weighted by atomic mass is 19.1. The lowest BCUT2D eigenvalue weighted by molar-refractivity contribution is -0.191. The molecule has 9 heteroatoms. The second-order valence-corrected chi connectivity index (χ2v) is 10.6. The molecule has 6 rings (SSSR count). The van der Waals surface area contributed by atoms with Crippen LogP contribution < -0.4 is 4.90 Å². The number of nitrogens with zero attached hydrogens (tertiary/aromatic N) is 4. The first-order chi connectivity index (χ1) is 19.3. The van der Waals surface area contributed by atoms with Crippen LogP contribution in [0.1, 0.15) is 38.3 Å². The number of para-hydroxylation sites is 1. The molecule has 0 N–H and O–H groups in total. The average molecular weight is 543 g/mol. The van der Waals surface area contributed by atoms with Crippen molar-refractivity contribution >= 4 is 28.8 Å². The lowest BCUT2D eigenvalue weighted by Crippen LogP contribution is -2.46. The number of pyridine rings is 1. The molecule has 0 saturated carbocycles. The van der Waals surface area contributed by atoms with Crippen LogP contribution in [0.15, 0.2) is 73.1 Å². The molecule has 0 bridgehead atoms. The van der Waals surface area contributed by atoms with Gasteiger partial charge in [-0.3, -0.25) is 9.80 Å². The quantitative estimate of drug-likeness (QED) is 0.295. The van der Waals surface area contributed by atoms with Crippen LogP contribution >= 0.6 is 0 Å². The van der Waals surface area contributed by atoms with Crippen LogP contribution in [-0.2, 0) is 20.9 Å². The number of amides is 1. The number of carbonyl (C=O) groups is 1. The average Bonchev–Trinajstić information content (AvgIpc) is 3.48. The molecule has 2 aliphatic heterocycles. The molecule has 0 atom stereocenters. The molecular formula is C31H31FN4O4. The summed E-state index contributed by atoms with van der Waals surface area (Å²) >= 11 is 0. The first kappa shape index (κ1) is 27.2. The highest BCUT2D eigenvalue weighted by Crippen LogP contribution is 2.37. The van der Waals surface area contributed by atoms with Crippen LogP contribution in [0.2, 0.25) is 0 Å². The summed E-state index contributed by atoms with van der Waals surface area (Å²) in [7, 11) is 0. The molecule has 4 aromatic rings. The normalized spacial score (nSPS) is 16.6. The molecule has 1 amide bonds. The summed E-state index contributed by atoms with van der Waals surface area (Å²) in [5.41, 5.74) is 4.86. The molecule has 2 aromatic heterocycles. The third-order valence-corrected chi connectivity index (χ3v) is 7.73. The standard InChI is InChI=1S/C30H31FN4O2.CO2/c1-21(2)34-19-24(26-16-22(8-10-27(26)34)23-9-11-28(31)32-17-23)18-33-14-12-30(13-15-33)20-35(29(36)37-30)25-6-4-3-5-7-25;2-1-3/h3-11,16-17,19,21H,12-15,18,20H2,1-2H3;. The van der Waals surface area contributed by atoms with E-state index >= 15 is 0 Å². The number of halogens is 1. The smallest absolute Gasteiger partial charge is 0.415 e. The number of anilines is 1. The van der Waals surface area contributed by atoms with Crippen LogP contribution in [0.25, 0.3) is 22.0 Å². The van der Waals surface area contributed by atoms with Gasteiger partial charge in [0.2, 0.25) is 5.95 Å². The lowest BCUT2D eigenvalue weighted by Gasteiger charge is -2.37. The Morgan fingerprint density at radius 2 is 1.73 bits per heavy atom. The SMILES string of the molecule is CC(C)n1cc(CN2CCC3(CC2)CN(c2ccccc2)C(=O)O3)c2cc(-c3ccc(F)nc3)ccc21.O=C=O. The fourth-order valence-electron chi connectivity index (χ4n) is 5.65. The molecule has 2 aromatic carbocycles. The Kier molecular flexibility index (Phi) is 7.78. The number of benzene rings is 2. The Morgan fingerprint density at radius 1 is 1.02 bits per heavy atom. The number of piperidine rings is 1. The van der Waals surface area contributed by atoms with E-state index in [1.165, 1.54) is 22.5 Å². The summed E-state index contributed by atoms with van der Waals surface area (Å²) in [6.45, 7) is 7.55. The monoisotopic (exact) mass is 542 g/mol. The molecule has 0 radical (unpaired) electrons. The summed E-state index contributed by atoms with van der Waals surface area (Å²) < 4.78 is 21.6. The first-order valence-electron chi connectivity index (χ1n) is 13.3. The van der Waals surface area contributed by atoms with Gasteiger partial charge in [0.1, 0.15) is 5.60 Å². The van der Waals surface area contributed by atoms with Gasteiger partial charge in [0.15, 0.2) is 0 Å². The Morgan fingerprint density at radius 3 is 2.38 bits per heavy atom. The fraction of sp³-hybridized carbons (Fsp3) is 0.323. The first-order valence-corrected chi connectivity index (χ1v) is 13.3. The van der Waals surface area contributed by atoms with Crippen molar-refractivity contribution in [3.8, 4) is 11.1 Å². The summed E-state index contributed by atoms with van der Waals surface area (Å²) in [5.74, 6) is -0.473. The predicted molar refractivity (Wildman–Crippen MR) is 148 cm³/mol. The maximum absolute atomic E-state index is 13.4. The number of aromatic nitrogens is 2. The van der Waals surface area contributed by atoms with E-state index in [4.69, 9.17) is 14.3 Å². The summed E-state index contributed by atoms with van der Waals surface area (Å²) in [5, 5.41) is 1.21. The van der Waals surface area contributed by atoms with Crippen molar-refractivity contribution in [3.63, 3.8) is 0 Å². The van der Waals surface area contributed by atoms with E-state index in [0.29, 0.717) is 12.6 Å². The minimum absolute atomic E-state index is 0.248. The van der Waals surface area contributed by atoms with Crippen molar-refractivity contribution < 1.29 is 23.5 Å². The van der Waals surface area contributed by atoms with E-state index < -0.39 is 11.5 Å². The minimum Gasteiger partial charge on any atom is -0.441 e. The third-order valence-electron chi connectivity index (χ3n) is 7.73. The van der Waals surface area contributed by atoms with Crippen molar-refractivity contribution in [2.45, 2.75) is 44.9 Å². The number of rotatable bonds is 5. The minimum atomic E-state index is -0.473. The second-order valence-electron chi connectivity index (χ2n) is 10.6. The third kappa shape index (κ3) is 5.52. The molecule has 206 valence electrons. The predicted octanol–water partition coefficient (Wildman–Crippen LogP) is 5.83. The maximum Gasteiger partial charge on any atom is 0.415 e. The molecular weight excluding hydrogens is 511 g/mol. The van der Waals surface area contributed by atoms with Crippen molar-refractivity contribution in [2.75, 3.05) is 24.5 Å². The number of fused-ring (bicyclic) bond motifs is 1. The summed E-state index contributed by atoms with van der Waals surface area (Å²) in [4.78, 5) is 37.0. The molecule has 2 fully saturated rings. The number of hydrogen-bond donors (Lipinski definition) is 0. The Balaban J connectivity index is 0.00000103. The zero-order valence-electron chi connectivity index (χ0n) is 22.5. The molecule has 40 heavy (non-hydrogen) atoms. The van der Waals surface area contributed by atoms with Crippen LogP contribution in [0.5, 0.6) is 0 Å². The van der Waals surface area contributed by atoms with Gasteiger partial charge in [-0.25, -0.2) is 9.78 Å². The Labute approximate surface area is 232 Å². The fourth-order valence-corrected chi connectivity index (χ4v) is 5.65. The largest absolute Gasteiger partial charge is 0.441 e.